The Balaban J connectivity index is 1.40. The van der Waals surface area contributed by atoms with E-state index in [1.165, 1.54) is 23.2 Å². The second-order valence-electron chi connectivity index (χ2n) is 8.35. The fraction of sp³-hybridized carbons (Fsp3) is 0.280. The minimum Gasteiger partial charge on any atom is -0.424 e. The van der Waals surface area contributed by atoms with Gasteiger partial charge in [-0.1, -0.05) is 30.3 Å². The lowest BCUT2D eigenvalue weighted by atomic mass is 9.97. The quantitative estimate of drug-likeness (QED) is 0.603. The predicted molar refractivity (Wildman–Crippen MR) is 119 cm³/mol. The van der Waals surface area contributed by atoms with E-state index in [0.717, 1.165) is 0 Å². The van der Waals surface area contributed by atoms with Crippen molar-refractivity contribution in [2.45, 2.75) is 30.9 Å². The Morgan fingerprint density at radius 2 is 1.91 bits per heavy atom. The number of carbonyl (C=O) groups is 3. The van der Waals surface area contributed by atoms with E-state index < -0.39 is 12.0 Å². The van der Waals surface area contributed by atoms with Crippen LogP contribution in [0.25, 0.3) is 0 Å². The smallest absolute Gasteiger partial charge is 0.258 e. The van der Waals surface area contributed by atoms with Gasteiger partial charge >= 0.3 is 0 Å². The summed E-state index contributed by atoms with van der Waals surface area (Å²) in [5, 5.41) is 2.64. The van der Waals surface area contributed by atoms with Crippen LogP contribution in [0, 0.1) is 5.82 Å². The van der Waals surface area contributed by atoms with Gasteiger partial charge in [0.25, 0.3) is 5.91 Å². The SMILES string of the molecule is O=C(Nc1cnc(C(Cc2ccc(F)cc2)C(=O)N2CCC3OCC(=O)C32)o1)c1ccccc1. The first-order chi connectivity index (χ1) is 16.5. The summed E-state index contributed by atoms with van der Waals surface area (Å²) in [4.78, 5) is 44.2. The molecule has 0 saturated carbocycles. The van der Waals surface area contributed by atoms with Gasteiger partial charge in [0.15, 0.2) is 5.78 Å². The van der Waals surface area contributed by atoms with Gasteiger partial charge in [0.1, 0.15) is 24.4 Å². The van der Waals surface area contributed by atoms with Gasteiger partial charge in [-0.05, 0) is 42.7 Å². The van der Waals surface area contributed by atoms with Gasteiger partial charge in [-0.3, -0.25) is 19.7 Å². The third-order valence-corrected chi connectivity index (χ3v) is 6.14. The molecule has 0 spiro atoms. The normalized spacial score (nSPS) is 20.3. The molecule has 2 fully saturated rings. The van der Waals surface area contributed by atoms with Crippen molar-refractivity contribution in [3.05, 3.63) is 83.6 Å². The van der Waals surface area contributed by atoms with Crippen LogP contribution >= 0.6 is 0 Å². The van der Waals surface area contributed by atoms with Gasteiger partial charge in [0.2, 0.25) is 17.7 Å². The van der Waals surface area contributed by atoms with Crippen molar-refractivity contribution < 1.29 is 27.9 Å². The average Bonchev–Trinajstić information content (AvgIpc) is 3.57. The van der Waals surface area contributed by atoms with Crippen LogP contribution in [-0.4, -0.2) is 52.8 Å². The second kappa shape index (κ2) is 9.18. The lowest BCUT2D eigenvalue weighted by Gasteiger charge is -2.25. The molecule has 3 unspecified atom stereocenters. The van der Waals surface area contributed by atoms with E-state index in [1.54, 1.807) is 42.5 Å². The molecule has 5 rings (SSSR count). The molecule has 8 nitrogen and oxygen atoms in total. The van der Waals surface area contributed by atoms with Crippen LogP contribution in [0.15, 0.2) is 65.2 Å². The lowest BCUT2D eigenvalue weighted by molar-refractivity contribution is -0.138. The summed E-state index contributed by atoms with van der Waals surface area (Å²) in [7, 11) is 0. The zero-order valence-corrected chi connectivity index (χ0v) is 18.1. The molecule has 174 valence electrons. The summed E-state index contributed by atoms with van der Waals surface area (Å²) >= 11 is 0. The highest BCUT2D eigenvalue weighted by atomic mass is 19.1. The Labute approximate surface area is 194 Å². The maximum absolute atomic E-state index is 13.6. The summed E-state index contributed by atoms with van der Waals surface area (Å²) in [5.74, 6) is -1.86. The van der Waals surface area contributed by atoms with Crippen LogP contribution in [-0.2, 0) is 20.7 Å². The monoisotopic (exact) mass is 463 g/mol. The fourth-order valence-corrected chi connectivity index (χ4v) is 4.46. The second-order valence-corrected chi connectivity index (χ2v) is 8.35. The van der Waals surface area contributed by atoms with Crippen LogP contribution in [0.1, 0.15) is 34.2 Å². The van der Waals surface area contributed by atoms with Crippen molar-refractivity contribution in [1.82, 2.24) is 9.88 Å². The summed E-state index contributed by atoms with van der Waals surface area (Å²) < 4.78 is 24.7. The highest BCUT2D eigenvalue weighted by molar-refractivity contribution is 6.03. The maximum Gasteiger partial charge on any atom is 0.258 e. The average molecular weight is 463 g/mol. The van der Waals surface area contributed by atoms with Gasteiger partial charge in [0, 0.05) is 12.1 Å². The number of nitrogens with one attached hydrogen (secondary N) is 1. The van der Waals surface area contributed by atoms with Gasteiger partial charge < -0.3 is 14.1 Å². The zero-order valence-electron chi connectivity index (χ0n) is 18.1. The van der Waals surface area contributed by atoms with Gasteiger partial charge in [-0.15, -0.1) is 0 Å². The number of anilines is 1. The number of aromatic nitrogens is 1. The number of fused-ring (bicyclic) bond motifs is 1. The zero-order chi connectivity index (χ0) is 23.7. The summed E-state index contributed by atoms with van der Waals surface area (Å²) in [6.07, 6.45) is 1.81. The number of likely N-dealkylation sites (tertiary alicyclic amines) is 1. The van der Waals surface area contributed by atoms with E-state index in [9.17, 15) is 18.8 Å². The molecule has 2 aromatic carbocycles. The molecule has 3 atom stereocenters. The first-order valence-corrected chi connectivity index (χ1v) is 11.0. The molecular weight excluding hydrogens is 441 g/mol. The molecule has 2 amide bonds. The molecule has 0 radical (unpaired) electrons. The molecule has 9 heteroatoms. The Bertz CT molecular complexity index is 1210. The number of hydrogen-bond acceptors (Lipinski definition) is 6. The van der Waals surface area contributed by atoms with Crippen LogP contribution < -0.4 is 5.32 Å². The number of rotatable bonds is 6. The minimum atomic E-state index is -0.861. The summed E-state index contributed by atoms with van der Waals surface area (Å²) in [6, 6.07) is 13.8. The van der Waals surface area contributed by atoms with Gasteiger partial charge in [-0.25, -0.2) is 9.37 Å². The molecule has 2 aliphatic rings. The molecule has 2 saturated heterocycles. The van der Waals surface area contributed by atoms with E-state index >= 15 is 0 Å². The third kappa shape index (κ3) is 4.34. The third-order valence-electron chi connectivity index (χ3n) is 6.14. The van der Waals surface area contributed by atoms with Crippen LogP contribution in [0.2, 0.25) is 0 Å². The number of hydrogen-bond donors (Lipinski definition) is 1. The topological polar surface area (TPSA) is 102 Å². The largest absolute Gasteiger partial charge is 0.424 e. The molecule has 0 bridgehead atoms. The Kier molecular flexibility index (Phi) is 5.93. The highest BCUT2D eigenvalue weighted by Crippen LogP contribution is 2.32. The van der Waals surface area contributed by atoms with Gasteiger partial charge in [-0.2, -0.15) is 0 Å². The van der Waals surface area contributed by atoms with E-state index in [1.807, 2.05) is 0 Å². The van der Waals surface area contributed by atoms with Crippen molar-refractivity contribution >= 4 is 23.5 Å². The van der Waals surface area contributed by atoms with Crippen molar-refractivity contribution in [3.63, 3.8) is 0 Å². The molecule has 3 aromatic rings. The van der Waals surface area contributed by atoms with Crippen molar-refractivity contribution in [2.24, 2.45) is 0 Å². The maximum atomic E-state index is 13.6. The van der Waals surface area contributed by atoms with Crippen molar-refractivity contribution in [1.29, 1.82) is 0 Å². The molecule has 3 heterocycles. The first-order valence-electron chi connectivity index (χ1n) is 11.0. The van der Waals surface area contributed by atoms with Gasteiger partial charge in [0.05, 0.1) is 12.3 Å². The fourth-order valence-electron chi connectivity index (χ4n) is 4.46. The Morgan fingerprint density at radius 3 is 2.68 bits per heavy atom. The van der Waals surface area contributed by atoms with Crippen molar-refractivity contribution in [2.75, 3.05) is 18.5 Å². The molecule has 0 aliphatic carbocycles. The molecule has 2 aliphatic heterocycles. The molecule has 34 heavy (non-hydrogen) atoms. The van der Waals surface area contributed by atoms with E-state index in [0.29, 0.717) is 24.1 Å². The number of halogens is 1. The highest BCUT2D eigenvalue weighted by Gasteiger charge is 2.48. The van der Waals surface area contributed by atoms with Crippen LogP contribution in [0.3, 0.4) is 0 Å². The van der Waals surface area contributed by atoms with Crippen molar-refractivity contribution in [3.8, 4) is 0 Å². The first kappa shape index (κ1) is 22.0. The van der Waals surface area contributed by atoms with E-state index in [-0.39, 0.29) is 54.3 Å². The Hall–Kier alpha value is -3.85. The summed E-state index contributed by atoms with van der Waals surface area (Å²) in [6.45, 7) is 0.383. The Morgan fingerprint density at radius 1 is 1.15 bits per heavy atom. The van der Waals surface area contributed by atoms with E-state index in [4.69, 9.17) is 9.15 Å². The number of oxazole rings is 1. The molecule has 1 aromatic heterocycles. The number of nitrogens with zero attached hydrogens (tertiary/aromatic N) is 2. The number of benzene rings is 2. The van der Waals surface area contributed by atoms with Crippen LogP contribution in [0.4, 0.5) is 10.3 Å². The molecular formula is C25H22FN3O5. The number of ether oxygens (including phenoxy) is 1. The van der Waals surface area contributed by atoms with E-state index in [2.05, 4.69) is 10.3 Å². The predicted octanol–water partition coefficient (Wildman–Crippen LogP) is 2.96. The van der Waals surface area contributed by atoms with Crippen LogP contribution in [0.5, 0.6) is 0 Å². The standard InChI is InChI=1S/C25H22FN3O5/c26-17-8-6-15(7-9-17)12-18(25(32)29-11-10-20-22(29)19(30)14-33-20)24-27-13-21(34-24)28-23(31)16-4-2-1-3-5-16/h1-9,13,18,20,22H,10-12,14H2,(H,28,31). The molecule has 1 N–H and O–H groups in total. The summed E-state index contributed by atoms with van der Waals surface area (Å²) in [5.41, 5.74) is 1.15. The number of ketones is 1. The number of carbonyl (C=O) groups excluding carboxylic acids is 3. The lowest BCUT2D eigenvalue weighted by Crippen LogP contribution is -2.44. The minimum absolute atomic E-state index is 0.00356. The number of Topliss-reactive ketones (excluding diaryl/α,β-unsaturated/α-hetero) is 1. The number of amides is 2.